The number of unbranched alkanes of at least 4 members (excludes halogenated alkanes) is 1. The Morgan fingerprint density at radius 2 is 1.65 bits per heavy atom. The van der Waals surface area contributed by atoms with Gasteiger partial charge in [0.05, 0.1) is 31.7 Å². The Morgan fingerprint density at radius 1 is 0.913 bits per heavy atom. The molecular formula is C33H39N7O5S. The molecule has 1 fully saturated rings. The number of hydrogen-bond donors (Lipinski definition) is 3. The number of anilines is 2. The molecule has 13 heteroatoms. The number of aryl methyl sites for hydroxylation is 2. The zero-order valence-electron chi connectivity index (χ0n) is 25.6. The molecule has 2 aromatic heterocycles. The summed E-state index contributed by atoms with van der Waals surface area (Å²) in [7, 11) is 0. The molecule has 0 spiro atoms. The summed E-state index contributed by atoms with van der Waals surface area (Å²) < 4.78 is 11.1. The topological polar surface area (TPSA) is 152 Å². The van der Waals surface area contributed by atoms with Crippen molar-refractivity contribution in [3.63, 3.8) is 0 Å². The second-order valence-electron chi connectivity index (χ2n) is 10.9. The summed E-state index contributed by atoms with van der Waals surface area (Å²) in [5.41, 5.74) is 2.46. The van der Waals surface area contributed by atoms with Gasteiger partial charge >= 0.3 is 5.97 Å². The molecule has 242 valence electrons. The molecule has 3 heterocycles. The molecular weight excluding hydrogens is 606 g/mol. The van der Waals surface area contributed by atoms with Crippen LogP contribution in [0.5, 0.6) is 0 Å². The average Bonchev–Trinajstić information content (AvgIpc) is 3.53. The highest BCUT2D eigenvalue weighted by Crippen LogP contribution is 2.26. The van der Waals surface area contributed by atoms with E-state index in [1.165, 1.54) is 11.3 Å². The minimum atomic E-state index is -1.21. The lowest BCUT2D eigenvalue weighted by Crippen LogP contribution is -2.38. The van der Waals surface area contributed by atoms with Gasteiger partial charge in [-0.2, -0.15) is 5.10 Å². The number of rotatable bonds is 16. The number of carbonyl (C=O) groups is 2. The Hall–Kier alpha value is -4.30. The molecule has 0 bridgehead atoms. The Kier molecular flexibility index (Phi) is 12.5. The third kappa shape index (κ3) is 10.7. The quantitative estimate of drug-likeness (QED) is 0.0927. The first-order valence-electron chi connectivity index (χ1n) is 15.5. The van der Waals surface area contributed by atoms with Crippen LogP contribution in [0.2, 0.25) is 0 Å². The van der Waals surface area contributed by atoms with Crippen LogP contribution in [-0.2, 0) is 38.3 Å². The van der Waals surface area contributed by atoms with Crippen LogP contribution in [0.4, 0.5) is 10.9 Å². The van der Waals surface area contributed by atoms with E-state index in [0.29, 0.717) is 36.3 Å². The van der Waals surface area contributed by atoms with Crippen LogP contribution in [0.25, 0.3) is 0 Å². The monoisotopic (exact) mass is 645 g/mol. The molecule has 46 heavy (non-hydrogen) atoms. The van der Waals surface area contributed by atoms with Crippen LogP contribution in [-0.4, -0.2) is 81.4 Å². The first-order chi connectivity index (χ1) is 22.5. The summed E-state index contributed by atoms with van der Waals surface area (Å²) in [4.78, 5) is 27.2. The van der Waals surface area contributed by atoms with Crippen LogP contribution in [0, 0.1) is 0 Å². The summed E-state index contributed by atoms with van der Waals surface area (Å²) in [5.74, 6) is -0.0907. The molecule has 1 amide bonds. The molecule has 0 aliphatic carbocycles. The number of nitrogens with zero attached hydrogens (tertiary/aromatic N) is 5. The van der Waals surface area contributed by atoms with Gasteiger partial charge in [-0.05, 0) is 42.5 Å². The Morgan fingerprint density at radius 3 is 2.39 bits per heavy atom. The zero-order valence-corrected chi connectivity index (χ0v) is 26.4. The van der Waals surface area contributed by atoms with E-state index in [0.717, 1.165) is 55.0 Å². The van der Waals surface area contributed by atoms with Gasteiger partial charge in [0, 0.05) is 26.1 Å². The third-order valence-electron chi connectivity index (χ3n) is 7.42. The molecule has 1 saturated heterocycles. The maximum Gasteiger partial charge on any atom is 0.307 e. The van der Waals surface area contributed by atoms with E-state index in [-0.39, 0.29) is 24.7 Å². The molecule has 2 unspecified atom stereocenters. The number of amides is 1. The number of aliphatic hydroxyl groups excluding tert-OH is 1. The van der Waals surface area contributed by atoms with E-state index in [1.54, 1.807) is 6.07 Å². The molecule has 12 nitrogen and oxygen atoms in total. The van der Waals surface area contributed by atoms with Gasteiger partial charge in [-0.1, -0.05) is 72.0 Å². The second kappa shape index (κ2) is 17.4. The smallest absolute Gasteiger partial charge is 0.307 e. The van der Waals surface area contributed by atoms with Crippen LogP contribution < -0.4 is 10.6 Å². The first-order valence-corrected chi connectivity index (χ1v) is 16.3. The highest BCUT2D eigenvalue weighted by Gasteiger charge is 2.27. The van der Waals surface area contributed by atoms with Gasteiger partial charge in [0.25, 0.3) is 0 Å². The number of esters is 1. The number of aliphatic hydroxyl groups is 1. The highest BCUT2D eigenvalue weighted by atomic mass is 32.1. The molecule has 0 saturated carbocycles. The lowest BCUT2D eigenvalue weighted by atomic mass is 10.1. The van der Waals surface area contributed by atoms with Crippen molar-refractivity contribution < 1.29 is 24.2 Å². The lowest BCUT2D eigenvalue weighted by molar-refractivity contribution is -0.155. The summed E-state index contributed by atoms with van der Waals surface area (Å²) in [6, 6.07) is 22.4. The van der Waals surface area contributed by atoms with Gasteiger partial charge in [-0.15, -0.1) is 15.3 Å². The van der Waals surface area contributed by atoms with Gasteiger partial charge in [-0.25, -0.2) is 0 Å². The first kappa shape index (κ1) is 33.1. The molecule has 4 aromatic rings. The largest absolute Gasteiger partial charge is 0.453 e. The molecule has 2 aromatic carbocycles. The molecule has 0 radical (unpaired) electrons. The van der Waals surface area contributed by atoms with E-state index in [2.05, 4.69) is 35.9 Å². The highest BCUT2D eigenvalue weighted by molar-refractivity contribution is 7.15. The minimum absolute atomic E-state index is 0.136. The second-order valence-corrected chi connectivity index (χ2v) is 12.0. The lowest BCUT2D eigenvalue weighted by Gasteiger charge is -2.27. The fourth-order valence-electron chi connectivity index (χ4n) is 4.96. The standard InChI is InChI=1S/C33H39N7O5S/c41-28(23-24-9-3-1-4-10-24)34-27-16-15-26(36-37-27)13-7-8-14-29-38-39-33(46-29)35-32(43)31(25-11-5-2-6-12-25)45-30(42)17-18-40-19-21-44-22-20-40/h1-6,9-12,15-16,31-32,43H,7-8,13-14,17-23H2,(H,35,39)(H,34,37,41). The molecule has 2 atom stereocenters. The van der Waals surface area contributed by atoms with Gasteiger partial charge in [0.1, 0.15) is 5.01 Å². The SMILES string of the molecule is O=C(Cc1ccccc1)Nc1ccc(CCCCc2nnc(NC(O)C(OC(=O)CCN3CCOCC3)c3ccccc3)s2)nn1. The van der Waals surface area contributed by atoms with Crippen molar-refractivity contribution >= 4 is 34.2 Å². The van der Waals surface area contributed by atoms with Gasteiger partial charge in [0.2, 0.25) is 11.0 Å². The van der Waals surface area contributed by atoms with E-state index in [1.807, 2.05) is 66.7 Å². The zero-order chi connectivity index (χ0) is 32.0. The summed E-state index contributed by atoms with van der Waals surface area (Å²) in [5, 5.41) is 34.9. The maximum atomic E-state index is 12.7. The number of aromatic nitrogens is 4. The van der Waals surface area contributed by atoms with Crippen LogP contribution in [0.1, 0.15) is 47.2 Å². The maximum absolute atomic E-state index is 12.7. The van der Waals surface area contributed by atoms with Crippen molar-refractivity contribution in [1.82, 2.24) is 25.3 Å². The molecule has 1 aliphatic rings. The molecule has 3 N–H and O–H groups in total. The van der Waals surface area contributed by atoms with Crippen molar-refractivity contribution in [1.29, 1.82) is 0 Å². The number of morpholine rings is 1. The van der Waals surface area contributed by atoms with E-state index >= 15 is 0 Å². The fourth-order valence-corrected chi connectivity index (χ4v) is 5.77. The third-order valence-corrected chi connectivity index (χ3v) is 8.33. The predicted molar refractivity (Wildman–Crippen MR) is 174 cm³/mol. The molecule has 5 rings (SSSR count). The van der Waals surface area contributed by atoms with Crippen molar-refractivity contribution in [3.05, 3.63) is 94.6 Å². The van der Waals surface area contributed by atoms with Gasteiger partial charge in [-0.3, -0.25) is 14.5 Å². The van der Waals surface area contributed by atoms with Gasteiger partial charge in [0.15, 0.2) is 18.1 Å². The van der Waals surface area contributed by atoms with E-state index < -0.39 is 12.3 Å². The number of carbonyl (C=O) groups excluding carboxylic acids is 2. The van der Waals surface area contributed by atoms with E-state index in [9.17, 15) is 14.7 Å². The summed E-state index contributed by atoms with van der Waals surface area (Å²) in [6.07, 6.45) is 1.58. The number of benzene rings is 2. The Balaban J connectivity index is 1.04. The Bertz CT molecular complexity index is 1500. The number of ether oxygens (including phenoxy) is 2. The predicted octanol–water partition coefficient (Wildman–Crippen LogP) is 3.81. The van der Waals surface area contributed by atoms with Gasteiger partial charge < -0.3 is 25.2 Å². The summed E-state index contributed by atoms with van der Waals surface area (Å²) >= 11 is 1.36. The molecule has 1 aliphatic heterocycles. The van der Waals surface area contributed by atoms with Crippen molar-refractivity contribution in [2.24, 2.45) is 0 Å². The van der Waals surface area contributed by atoms with Crippen LogP contribution in [0.15, 0.2) is 72.8 Å². The van der Waals surface area contributed by atoms with Crippen LogP contribution >= 0.6 is 11.3 Å². The Labute approximate surface area is 272 Å². The fraction of sp³-hybridized carbons (Fsp3) is 0.394. The van der Waals surface area contributed by atoms with Crippen molar-refractivity contribution in [2.45, 2.75) is 50.9 Å². The average molecular weight is 646 g/mol. The van der Waals surface area contributed by atoms with E-state index in [4.69, 9.17) is 9.47 Å². The number of hydrogen-bond acceptors (Lipinski definition) is 12. The minimum Gasteiger partial charge on any atom is -0.453 e. The summed E-state index contributed by atoms with van der Waals surface area (Å²) in [6.45, 7) is 3.48. The van der Waals surface area contributed by atoms with Crippen molar-refractivity contribution in [2.75, 3.05) is 43.5 Å². The number of nitrogens with one attached hydrogen (secondary N) is 2. The van der Waals surface area contributed by atoms with Crippen LogP contribution in [0.3, 0.4) is 0 Å². The van der Waals surface area contributed by atoms with Crippen molar-refractivity contribution in [3.8, 4) is 0 Å². The normalized spacial score (nSPS) is 14.7.